The molecule has 1 heterocycles. The molecule has 1 aromatic rings. The molecule has 0 atom stereocenters. The zero-order valence-corrected chi connectivity index (χ0v) is 8.65. The van der Waals surface area contributed by atoms with Gasteiger partial charge in [0.15, 0.2) is 0 Å². The Morgan fingerprint density at radius 2 is 2.29 bits per heavy atom. The zero-order valence-electron chi connectivity index (χ0n) is 8.65. The summed E-state index contributed by atoms with van der Waals surface area (Å²) >= 11 is 0. The van der Waals surface area contributed by atoms with Crippen molar-refractivity contribution in [1.29, 1.82) is 5.26 Å². The van der Waals surface area contributed by atoms with Crippen molar-refractivity contribution in [3.8, 4) is 6.07 Å². The predicted octanol–water partition coefficient (Wildman–Crippen LogP) is 0.977. The first-order valence-corrected chi connectivity index (χ1v) is 4.62. The molecule has 1 aromatic heterocycles. The molecule has 0 unspecified atom stereocenters. The van der Waals surface area contributed by atoms with Gasteiger partial charge in [-0.3, -0.25) is 4.79 Å². The molecule has 5 nitrogen and oxygen atoms in total. The van der Waals surface area contributed by atoms with Crippen molar-refractivity contribution in [2.45, 2.75) is 19.4 Å². The Labute approximate surface area is 95.5 Å². The first kappa shape index (κ1) is 13.0. The second-order valence-corrected chi connectivity index (χ2v) is 3.22. The van der Waals surface area contributed by atoms with E-state index >= 15 is 0 Å². The average molecular weight is 241 g/mol. The Kier molecular flexibility index (Phi) is 4.06. The molecule has 0 radical (unpaired) electrons. The number of aliphatic carboxylic acids is 1. The maximum Gasteiger partial charge on any atom is 0.307 e. The molecule has 0 fully saturated rings. The van der Waals surface area contributed by atoms with Gasteiger partial charge in [0.2, 0.25) is 0 Å². The smallest absolute Gasteiger partial charge is 0.307 e. The van der Waals surface area contributed by atoms with Crippen LogP contribution in [-0.2, 0) is 17.8 Å². The largest absolute Gasteiger partial charge is 0.481 e. The fourth-order valence-electron chi connectivity index (χ4n) is 1.38. The molecule has 17 heavy (non-hydrogen) atoms. The van der Waals surface area contributed by atoms with Crippen LogP contribution in [0.25, 0.3) is 0 Å². The van der Waals surface area contributed by atoms with Gasteiger partial charge in [-0.1, -0.05) is 0 Å². The van der Waals surface area contributed by atoms with Crippen LogP contribution in [0, 0.1) is 11.3 Å². The summed E-state index contributed by atoms with van der Waals surface area (Å²) in [5.74, 6) is -1.18. The van der Waals surface area contributed by atoms with Crippen molar-refractivity contribution in [2.75, 3.05) is 0 Å². The van der Waals surface area contributed by atoms with Crippen LogP contribution in [-0.4, -0.2) is 16.1 Å². The van der Waals surface area contributed by atoms with Crippen molar-refractivity contribution in [3.63, 3.8) is 0 Å². The molecule has 7 heteroatoms. The Hall–Kier alpha value is -2.07. The number of carboxylic acids is 1. The summed E-state index contributed by atoms with van der Waals surface area (Å²) < 4.78 is 24.9. The fraction of sp³-hybridized carbons (Fsp3) is 0.300. The molecule has 0 aliphatic heterocycles. The number of hydrogen-bond acceptors (Lipinski definition) is 4. The average Bonchev–Trinajstić information content (AvgIpc) is 2.28. The summed E-state index contributed by atoms with van der Waals surface area (Å²) in [6.45, 7) is -0.125. The first-order chi connectivity index (χ1) is 7.99. The van der Waals surface area contributed by atoms with E-state index in [-0.39, 0.29) is 23.4 Å². The van der Waals surface area contributed by atoms with Gasteiger partial charge in [0.25, 0.3) is 6.43 Å². The van der Waals surface area contributed by atoms with E-state index in [1.165, 1.54) is 0 Å². The topological polar surface area (TPSA) is 100 Å². The molecule has 0 spiro atoms. The normalized spacial score (nSPS) is 10.3. The number of pyridine rings is 1. The number of carbonyl (C=O) groups is 1. The highest BCUT2D eigenvalue weighted by molar-refractivity contribution is 5.71. The van der Waals surface area contributed by atoms with Crippen molar-refractivity contribution < 1.29 is 18.7 Å². The van der Waals surface area contributed by atoms with Crippen molar-refractivity contribution in [2.24, 2.45) is 5.73 Å². The van der Waals surface area contributed by atoms with Crippen LogP contribution in [0.2, 0.25) is 0 Å². The second-order valence-electron chi connectivity index (χ2n) is 3.22. The highest BCUT2D eigenvalue weighted by Crippen LogP contribution is 2.22. The monoisotopic (exact) mass is 241 g/mol. The maximum atomic E-state index is 12.5. The summed E-state index contributed by atoms with van der Waals surface area (Å²) in [5, 5.41) is 17.4. The van der Waals surface area contributed by atoms with Gasteiger partial charge in [-0.2, -0.15) is 5.26 Å². The van der Waals surface area contributed by atoms with Gasteiger partial charge >= 0.3 is 5.97 Å². The lowest BCUT2D eigenvalue weighted by molar-refractivity contribution is -0.136. The number of aromatic nitrogens is 1. The van der Waals surface area contributed by atoms with E-state index < -0.39 is 24.5 Å². The molecule has 0 aliphatic carbocycles. The maximum absolute atomic E-state index is 12.5. The Bertz CT molecular complexity index is 483. The summed E-state index contributed by atoms with van der Waals surface area (Å²) in [6, 6.07) is 2.64. The third-order valence-electron chi connectivity index (χ3n) is 2.11. The number of nitriles is 1. The minimum absolute atomic E-state index is 0.0897. The number of nitrogens with zero attached hydrogens (tertiary/aromatic N) is 2. The lowest BCUT2D eigenvalue weighted by atomic mass is 10.0. The number of nitrogens with two attached hydrogens (primary N) is 1. The molecule has 0 aromatic carbocycles. The number of rotatable bonds is 4. The van der Waals surface area contributed by atoms with Gasteiger partial charge in [-0.05, 0) is 11.6 Å². The van der Waals surface area contributed by atoms with Crippen LogP contribution in [0.4, 0.5) is 8.78 Å². The van der Waals surface area contributed by atoms with Crippen molar-refractivity contribution in [3.05, 3.63) is 28.6 Å². The molecule has 0 saturated carbocycles. The van der Waals surface area contributed by atoms with Gasteiger partial charge in [-0.25, -0.2) is 13.8 Å². The van der Waals surface area contributed by atoms with Crippen LogP contribution in [0.15, 0.2) is 6.07 Å². The molecule has 1 rings (SSSR count). The lowest BCUT2D eigenvalue weighted by Crippen LogP contribution is -2.12. The Morgan fingerprint density at radius 3 is 2.71 bits per heavy atom. The van der Waals surface area contributed by atoms with Crippen molar-refractivity contribution >= 4 is 5.97 Å². The number of halogens is 2. The van der Waals surface area contributed by atoms with E-state index in [2.05, 4.69) is 4.98 Å². The van der Waals surface area contributed by atoms with E-state index in [0.717, 1.165) is 6.07 Å². The van der Waals surface area contributed by atoms with E-state index in [9.17, 15) is 13.6 Å². The highest BCUT2D eigenvalue weighted by atomic mass is 19.3. The molecular formula is C10H9F2N3O2. The minimum atomic E-state index is -2.83. The van der Waals surface area contributed by atoms with Crippen LogP contribution in [0.1, 0.15) is 28.9 Å². The van der Waals surface area contributed by atoms with Crippen LogP contribution in [0.3, 0.4) is 0 Å². The van der Waals surface area contributed by atoms with Gasteiger partial charge in [-0.15, -0.1) is 0 Å². The standard InChI is InChI=1S/C10H9F2N3O2/c11-10(12)7-1-5(3-13)6(2-9(16)17)8(4-14)15-7/h1,10H,2-3,13H2,(H,16,17). The zero-order chi connectivity index (χ0) is 13.0. The number of alkyl halides is 2. The fourth-order valence-corrected chi connectivity index (χ4v) is 1.38. The van der Waals surface area contributed by atoms with Gasteiger partial charge in [0.05, 0.1) is 6.42 Å². The van der Waals surface area contributed by atoms with Crippen molar-refractivity contribution in [1.82, 2.24) is 4.98 Å². The van der Waals surface area contributed by atoms with Crippen LogP contribution >= 0.6 is 0 Å². The van der Waals surface area contributed by atoms with E-state index in [4.69, 9.17) is 16.1 Å². The quantitative estimate of drug-likeness (QED) is 0.818. The molecule has 3 N–H and O–H groups in total. The SMILES string of the molecule is N#Cc1nc(C(F)F)cc(CN)c1CC(=O)O. The van der Waals surface area contributed by atoms with E-state index in [1.54, 1.807) is 6.07 Å². The minimum Gasteiger partial charge on any atom is -0.481 e. The van der Waals surface area contributed by atoms with E-state index in [0.29, 0.717) is 0 Å². The third-order valence-corrected chi connectivity index (χ3v) is 2.11. The second kappa shape index (κ2) is 5.32. The van der Waals surface area contributed by atoms with Crippen LogP contribution in [0.5, 0.6) is 0 Å². The third kappa shape index (κ3) is 2.95. The summed E-state index contributed by atoms with van der Waals surface area (Å²) in [4.78, 5) is 14.0. The first-order valence-electron chi connectivity index (χ1n) is 4.62. The number of hydrogen-bond donors (Lipinski definition) is 2. The number of carboxylic acid groups (broad SMARTS) is 1. The molecule has 0 amide bonds. The molecule has 0 saturated heterocycles. The highest BCUT2D eigenvalue weighted by Gasteiger charge is 2.18. The van der Waals surface area contributed by atoms with E-state index in [1.807, 2.05) is 0 Å². The predicted molar refractivity (Wildman–Crippen MR) is 53.1 cm³/mol. The van der Waals surface area contributed by atoms with Gasteiger partial charge < -0.3 is 10.8 Å². The summed E-state index contributed by atoms with van der Waals surface area (Å²) in [5.41, 5.74) is 4.75. The molecular weight excluding hydrogens is 232 g/mol. The Morgan fingerprint density at radius 1 is 1.65 bits per heavy atom. The summed E-state index contributed by atoms with van der Waals surface area (Å²) in [6.07, 6.45) is -3.29. The molecule has 0 bridgehead atoms. The van der Waals surface area contributed by atoms with Crippen LogP contribution < -0.4 is 5.73 Å². The lowest BCUT2D eigenvalue weighted by Gasteiger charge is -2.09. The molecule has 90 valence electrons. The van der Waals surface area contributed by atoms with Gasteiger partial charge in [0.1, 0.15) is 17.5 Å². The summed E-state index contributed by atoms with van der Waals surface area (Å²) in [7, 11) is 0. The Balaban J connectivity index is 3.37. The van der Waals surface area contributed by atoms with Gasteiger partial charge in [0, 0.05) is 12.1 Å². The molecule has 0 aliphatic rings.